The standard InChI is InChI=1S/C13H24N2O/c1-4-15(10-11(2)3)13(16)9-14-12-7-5-6-8-12/h12,14H,2,4-10H2,1,3H3. The molecule has 1 rings (SSSR count). The first-order valence-electron chi connectivity index (χ1n) is 6.29. The zero-order chi connectivity index (χ0) is 12.0. The first kappa shape index (κ1) is 13.2. The van der Waals surface area contributed by atoms with Crippen molar-refractivity contribution in [1.82, 2.24) is 10.2 Å². The molecule has 0 atom stereocenters. The molecule has 0 aromatic heterocycles. The van der Waals surface area contributed by atoms with Gasteiger partial charge in [-0.15, -0.1) is 0 Å². The Labute approximate surface area is 98.9 Å². The lowest BCUT2D eigenvalue weighted by atomic mass is 10.2. The monoisotopic (exact) mass is 224 g/mol. The fourth-order valence-electron chi connectivity index (χ4n) is 2.18. The topological polar surface area (TPSA) is 32.3 Å². The molecule has 0 spiro atoms. The summed E-state index contributed by atoms with van der Waals surface area (Å²) in [7, 11) is 0. The molecule has 92 valence electrons. The van der Waals surface area contributed by atoms with E-state index in [0.717, 1.165) is 12.1 Å². The minimum absolute atomic E-state index is 0.192. The summed E-state index contributed by atoms with van der Waals surface area (Å²) in [6.45, 7) is 9.74. The average molecular weight is 224 g/mol. The predicted molar refractivity (Wildman–Crippen MR) is 67.3 cm³/mol. The minimum Gasteiger partial charge on any atom is -0.338 e. The number of hydrogen-bond acceptors (Lipinski definition) is 2. The summed E-state index contributed by atoms with van der Waals surface area (Å²) in [6, 6.07) is 0.562. The van der Waals surface area contributed by atoms with Gasteiger partial charge < -0.3 is 10.2 Å². The lowest BCUT2D eigenvalue weighted by molar-refractivity contribution is -0.129. The molecule has 0 heterocycles. The van der Waals surface area contributed by atoms with Crippen molar-refractivity contribution in [3.05, 3.63) is 12.2 Å². The van der Waals surface area contributed by atoms with E-state index in [2.05, 4.69) is 11.9 Å². The zero-order valence-corrected chi connectivity index (χ0v) is 10.6. The molecule has 1 saturated carbocycles. The number of carbonyl (C=O) groups is 1. The maximum atomic E-state index is 11.9. The van der Waals surface area contributed by atoms with Gasteiger partial charge in [0, 0.05) is 19.1 Å². The summed E-state index contributed by atoms with van der Waals surface area (Å²) < 4.78 is 0. The first-order valence-corrected chi connectivity index (χ1v) is 6.29. The van der Waals surface area contributed by atoms with Gasteiger partial charge in [-0.1, -0.05) is 25.0 Å². The van der Waals surface area contributed by atoms with Gasteiger partial charge in [0.25, 0.3) is 0 Å². The molecular weight excluding hydrogens is 200 g/mol. The molecule has 1 amide bonds. The van der Waals surface area contributed by atoms with Crippen LogP contribution in [-0.4, -0.2) is 36.5 Å². The number of carbonyl (C=O) groups excluding carboxylic acids is 1. The molecular formula is C13H24N2O. The highest BCUT2D eigenvalue weighted by atomic mass is 16.2. The fourth-order valence-corrected chi connectivity index (χ4v) is 2.18. The van der Waals surface area contributed by atoms with Crippen LogP contribution in [0.3, 0.4) is 0 Å². The highest BCUT2D eigenvalue weighted by molar-refractivity contribution is 5.78. The van der Waals surface area contributed by atoms with Gasteiger partial charge in [0.1, 0.15) is 0 Å². The Morgan fingerprint density at radius 3 is 2.56 bits per heavy atom. The molecule has 1 N–H and O–H groups in total. The molecule has 0 bridgehead atoms. The van der Waals surface area contributed by atoms with E-state index < -0.39 is 0 Å². The number of nitrogens with one attached hydrogen (secondary N) is 1. The van der Waals surface area contributed by atoms with Crippen LogP contribution >= 0.6 is 0 Å². The van der Waals surface area contributed by atoms with Crippen molar-refractivity contribution in [3.63, 3.8) is 0 Å². The maximum absolute atomic E-state index is 11.9. The van der Waals surface area contributed by atoms with Crippen molar-refractivity contribution in [3.8, 4) is 0 Å². The quantitative estimate of drug-likeness (QED) is 0.699. The molecule has 0 aromatic rings. The second-order valence-corrected chi connectivity index (χ2v) is 4.73. The second-order valence-electron chi connectivity index (χ2n) is 4.73. The third-order valence-corrected chi connectivity index (χ3v) is 3.09. The van der Waals surface area contributed by atoms with E-state index in [4.69, 9.17) is 0 Å². The van der Waals surface area contributed by atoms with Gasteiger partial charge in [-0.3, -0.25) is 4.79 Å². The number of rotatable bonds is 6. The van der Waals surface area contributed by atoms with Crippen molar-refractivity contribution in [2.24, 2.45) is 0 Å². The molecule has 1 aliphatic rings. The van der Waals surface area contributed by atoms with Crippen molar-refractivity contribution >= 4 is 5.91 Å². The highest BCUT2D eigenvalue weighted by Gasteiger charge is 2.17. The van der Waals surface area contributed by atoms with Crippen molar-refractivity contribution in [2.45, 2.75) is 45.6 Å². The van der Waals surface area contributed by atoms with E-state index >= 15 is 0 Å². The van der Waals surface area contributed by atoms with Crippen LogP contribution in [0.25, 0.3) is 0 Å². The van der Waals surface area contributed by atoms with Gasteiger partial charge in [-0.05, 0) is 26.7 Å². The first-order chi connectivity index (χ1) is 7.63. The SMILES string of the molecule is C=C(C)CN(CC)C(=O)CNC1CCCC1. The van der Waals surface area contributed by atoms with Crippen molar-refractivity contribution < 1.29 is 4.79 Å². The third kappa shape index (κ3) is 4.35. The van der Waals surface area contributed by atoms with Crippen LogP contribution in [-0.2, 0) is 4.79 Å². The summed E-state index contributed by atoms with van der Waals surface area (Å²) in [5.74, 6) is 0.192. The van der Waals surface area contributed by atoms with Crippen molar-refractivity contribution in [1.29, 1.82) is 0 Å². The van der Waals surface area contributed by atoms with Crippen LogP contribution in [0.15, 0.2) is 12.2 Å². The Bertz CT molecular complexity index is 244. The van der Waals surface area contributed by atoms with E-state index in [1.54, 1.807) is 0 Å². The lowest BCUT2D eigenvalue weighted by Crippen LogP contribution is -2.41. The number of amides is 1. The highest BCUT2D eigenvalue weighted by Crippen LogP contribution is 2.17. The van der Waals surface area contributed by atoms with Crippen LogP contribution in [0.1, 0.15) is 39.5 Å². The Kier molecular flexibility index (Phi) is 5.53. The van der Waals surface area contributed by atoms with E-state index in [1.807, 2.05) is 18.7 Å². The summed E-state index contributed by atoms with van der Waals surface area (Å²) in [5.41, 5.74) is 1.04. The minimum atomic E-state index is 0.192. The summed E-state index contributed by atoms with van der Waals surface area (Å²) in [6.07, 6.45) is 5.05. The van der Waals surface area contributed by atoms with E-state index in [9.17, 15) is 4.79 Å². The van der Waals surface area contributed by atoms with Crippen LogP contribution < -0.4 is 5.32 Å². The molecule has 0 aliphatic heterocycles. The predicted octanol–water partition coefficient (Wildman–Crippen LogP) is 1.94. The van der Waals surface area contributed by atoms with E-state index in [-0.39, 0.29) is 5.91 Å². The summed E-state index contributed by atoms with van der Waals surface area (Å²) >= 11 is 0. The van der Waals surface area contributed by atoms with Gasteiger partial charge in [0.15, 0.2) is 0 Å². The van der Waals surface area contributed by atoms with Crippen LogP contribution in [0, 0.1) is 0 Å². The normalized spacial score (nSPS) is 16.4. The van der Waals surface area contributed by atoms with Gasteiger partial charge in [0.05, 0.1) is 6.54 Å². The second kappa shape index (κ2) is 6.69. The largest absolute Gasteiger partial charge is 0.338 e. The van der Waals surface area contributed by atoms with Gasteiger partial charge in [-0.25, -0.2) is 0 Å². The number of nitrogens with zero attached hydrogens (tertiary/aromatic N) is 1. The van der Waals surface area contributed by atoms with Crippen LogP contribution in [0.4, 0.5) is 0 Å². The fraction of sp³-hybridized carbons (Fsp3) is 0.769. The molecule has 0 saturated heterocycles. The van der Waals surface area contributed by atoms with Crippen molar-refractivity contribution in [2.75, 3.05) is 19.6 Å². The zero-order valence-electron chi connectivity index (χ0n) is 10.6. The summed E-state index contributed by atoms with van der Waals surface area (Å²) in [5, 5.41) is 3.35. The Morgan fingerprint density at radius 1 is 1.44 bits per heavy atom. The van der Waals surface area contributed by atoms with E-state index in [0.29, 0.717) is 19.1 Å². The molecule has 1 fully saturated rings. The van der Waals surface area contributed by atoms with E-state index in [1.165, 1.54) is 25.7 Å². The Morgan fingerprint density at radius 2 is 2.06 bits per heavy atom. The number of hydrogen-bond donors (Lipinski definition) is 1. The van der Waals surface area contributed by atoms with Gasteiger partial charge in [-0.2, -0.15) is 0 Å². The lowest BCUT2D eigenvalue weighted by Gasteiger charge is -2.22. The van der Waals surface area contributed by atoms with Crippen LogP contribution in [0.2, 0.25) is 0 Å². The van der Waals surface area contributed by atoms with Crippen LogP contribution in [0.5, 0.6) is 0 Å². The average Bonchev–Trinajstić information content (AvgIpc) is 2.75. The maximum Gasteiger partial charge on any atom is 0.236 e. The smallest absolute Gasteiger partial charge is 0.236 e. The third-order valence-electron chi connectivity index (χ3n) is 3.09. The molecule has 16 heavy (non-hydrogen) atoms. The molecule has 0 unspecified atom stereocenters. The van der Waals surface area contributed by atoms with Gasteiger partial charge >= 0.3 is 0 Å². The van der Waals surface area contributed by atoms with Gasteiger partial charge in [0.2, 0.25) is 5.91 Å². The molecule has 0 aromatic carbocycles. The Balaban J connectivity index is 2.28. The number of likely N-dealkylation sites (N-methyl/N-ethyl adjacent to an activating group) is 1. The molecule has 3 nitrogen and oxygen atoms in total. The molecule has 3 heteroatoms. The summed E-state index contributed by atoms with van der Waals surface area (Å²) in [4.78, 5) is 13.7. The Hall–Kier alpha value is -0.830. The molecule has 0 radical (unpaired) electrons. The molecule has 1 aliphatic carbocycles.